The highest BCUT2D eigenvalue weighted by Crippen LogP contribution is 2.09. The van der Waals surface area contributed by atoms with Crippen LogP contribution in [0.2, 0.25) is 0 Å². The highest BCUT2D eigenvalue weighted by atomic mass is 16.1. The molecule has 2 heteroatoms. The summed E-state index contributed by atoms with van der Waals surface area (Å²) >= 11 is 0. The van der Waals surface area contributed by atoms with Gasteiger partial charge < -0.3 is 5.32 Å². The van der Waals surface area contributed by atoms with Gasteiger partial charge in [-0.15, -0.1) is 0 Å². The number of carbonyl (C=O) groups excluding carboxylic acids is 1. The Labute approximate surface area is 117 Å². The van der Waals surface area contributed by atoms with Crippen molar-refractivity contribution in [2.24, 2.45) is 5.92 Å². The van der Waals surface area contributed by atoms with Crippen molar-refractivity contribution < 1.29 is 4.79 Å². The standard InChI is InChI=1S/C17H27NO/c1-4-7-8-15-9-11-16(12-10-15)17(19)18-13-14(5-2)6-3/h9-12,14H,4-8,13H2,1-3H3,(H,18,19). The molecule has 0 atom stereocenters. The van der Waals surface area contributed by atoms with Gasteiger partial charge in [0.2, 0.25) is 0 Å². The Morgan fingerprint density at radius 3 is 2.26 bits per heavy atom. The maximum absolute atomic E-state index is 12.0. The normalized spacial score (nSPS) is 10.7. The Balaban J connectivity index is 2.48. The summed E-state index contributed by atoms with van der Waals surface area (Å²) in [6.07, 6.45) is 5.75. The van der Waals surface area contributed by atoms with E-state index in [2.05, 4.69) is 38.2 Å². The summed E-state index contributed by atoms with van der Waals surface area (Å²) in [4.78, 5) is 12.0. The molecule has 1 rings (SSSR count). The summed E-state index contributed by atoms with van der Waals surface area (Å²) in [5.74, 6) is 0.640. The average molecular weight is 261 g/mol. The predicted octanol–water partition coefficient (Wildman–Crippen LogP) is 4.20. The van der Waals surface area contributed by atoms with Crippen LogP contribution in [-0.4, -0.2) is 12.5 Å². The zero-order chi connectivity index (χ0) is 14.1. The molecule has 0 aliphatic heterocycles. The van der Waals surface area contributed by atoms with E-state index in [1.807, 2.05) is 12.1 Å². The minimum absolute atomic E-state index is 0.0499. The van der Waals surface area contributed by atoms with Crippen molar-refractivity contribution in [1.29, 1.82) is 0 Å². The second-order valence-corrected chi connectivity index (χ2v) is 5.19. The van der Waals surface area contributed by atoms with E-state index in [0.717, 1.165) is 31.4 Å². The molecule has 0 bridgehead atoms. The molecule has 2 nitrogen and oxygen atoms in total. The fraction of sp³-hybridized carbons (Fsp3) is 0.588. The third-order valence-corrected chi connectivity index (χ3v) is 3.74. The Morgan fingerprint density at radius 2 is 1.74 bits per heavy atom. The molecule has 0 aliphatic rings. The second kappa shape index (κ2) is 8.73. The van der Waals surface area contributed by atoms with Gasteiger partial charge in [0.25, 0.3) is 5.91 Å². The largest absolute Gasteiger partial charge is 0.352 e. The van der Waals surface area contributed by atoms with Crippen molar-refractivity contribution in [3.63, 3.8) is 0 Å². The number of carbonyl (C=O) groups is 1. The van der Waals surface area contributed by atoms with Gasteiger partial charge in [0.1, 0.15) is 0 Å². The lowest BCUT2D eigenvalue weighted by Gasteiger charge is -2.13. The maximum Gasteiger partial charge on any atom is 0.251 e. The molecule has 1 N–H and O–H groups in total. The molecule has 19 heavy (non-hydrogen) atoms. The first kappa shape index (κ1) is 15.7. The van der Waals surface area contributed by atoms with E-state index in [4.69, 9.17) is 0 Å². The molecule has 0 aromatic heterocycles. The van der Waals surface area contributed by atoms with Crippen LogP contribution in [0, 0.1) is 5.92 Å². The maximum atomic E-state index is 12.0. The zero-order valence-electron chi connectivity index (χ0n) is 12.5. The van der Waals surface area contributed by atoms with Gasteiger partial charge in [-0.1, -0.05) is 52.2 Å². The number of rotatable bonds is 8. The second-order valence-electron chi connectivity index (χ2n) is 5.19. The van der Waals surface area contributed by atoms with Crippen molar-refractivity contribution in [3.8, 4) is 0 Å². The van der Waals surface area contributed by atoms with Gasteiger partial charge in [0, 0.05) is 12.1 Å². The SMILES string of the molecule is CCCCc1ccc(C(=O)NCC(CC)CC)cc1. The smallest absolute Gasteiger partial charge is 0.251 e. The van der Waals surface area contributed by atoms with E-state index in [1.165, 1.54) is 18.4 Å². The van der Waals surface area contributed by atoms with Crippen LogP contribution in [0.15, 0.2) is 24.3 Å². The molecule has 0 saturated carbocycles. The van der Waals surface area contributed by atoms with Gasteiger partial charge in [-0.3, -0.25) is 4.79 Å². The number of benzene rings is 1. The lowest BCUT2D eigenvalue weighted by atomic mass is 10.0. The molecule has 0 spiro atoms. The highest BCUT2D eigenvalue weighted by molar-refractivity contribution is 5.94. The number of nitrogens with one attached hydrogen (secondary N) is 1. The molecule has 0 saturated heterocycles. The zero-order valence-corrected chi connectivity index (χ0v) is 12.5. The monoisotopic (exact) mass is 261 g/mol. The Hall–Kier alpha value is -1.31. The van der Waals surface area contributed by atoms with E-state index in [-0.39, 0.29) is 5.91 Å². The van der Waals surface area contributed by atoms with Gasteiger partial charge in [-0.25, -0.2) is 0 Å². The van der Waals surface area contributed by atoms with E-state index < -0.39 is 0 Å². The van der Waals surface area contributed by atoms with Crippen LogP contribution in [0.3, 0.4) is 0 Å². The molecule has 0 unspecified atom stereocenters. The highest BCUT2D eigenvalue weighted by Gasteiger charge is 2.08. The third-order valence-electron chi connectivity index (χ3n) is 3.74. The molecular weight excluding hydrogens is 234 g/mol. The first-order chi connectivity index (χ1) is 9.21. The average Bonchev–Trinajstić information content (AvgIpc) is 2.46. The number of aryl methyl sites for hydroxylation is 1. The number of amides is 1. The van der Waals surface area contributed by atoms with Gasteiger partial charge in [-0.2, -0.15) is 0 Å². The summed E-state index contributed by atoms with van der Waals surface area (Å²) in [5, 5.41) is 3.02. The fourth-order valence-corrected chi connectivity index (χ4v) is 2.12. The molecule has 0 radical (unpaired) electrons. The first-order valence-corrected chi connectivity index (χ1v) is 7.58. The van der Waals surface area contributed by atoms with Crippen LogP contribution < -0.4 is 5.32 Å². The quantitative estimate of drug-likeness (QED) is 0.746. The summed E-state index contributed by atoms with van der Waals surface area (Å²) in [6.45, 7) is 7.31. The van der Waals surface area contributed by atoms with Crippen LogP contribution >= 0.6 is 0 Å². The van der Waals surface area contributed by atoms with Crippen LogP contribution in [0.25, 0.3) is 0 Å². The predicted molar refractivity (Wildman–Crippen MR) is 81.5 cm³/mol. The van der Waals surface area contributed by atoms with E-state index in [0.29, 0.717) is 5.92 Å². The molecule has 0 heterocycles. The van der Waals surface area contributed by atoms with E-state index in [9.17, 15) is 4.79 Å². The van der Waals surface area contributed by atoms with Crippen LogP contribution in [0.4, 0.5) is 0 Å². The fourth-order valence-electron chi connectivity index (χ4n) is 2.12. The summed E-state index contributed by atoms with van der Waals surface area (Å²) in [5.41, 5.74) is 2.09. The van der Waals surface area contributed by atoms with Crippen molar-refractivity contribution in [2.75, 3.05) is 6.54 Å². The van der Waals surface area contributed by atoms with Crippen LogP contribution in [0.1, 0.15) is 62.4 Å². The molecular formula is C17H27NO. The summed E-state index contributed by atoms with van der Waals surface area (Å²) < 4.78 is 0. The van der Waals surface area contributed by atoms with E-state index in [1.54, 1.807) is 0 Å². The van der Waals surface area contributed by atoms with Gasteiger partial charge in [0.05, 0.1) is 0 Å². The van der Waals surface area contributed by atoms with Gasteiger partial charge >= 0.3 is 0 Å². The number of hydrogen-bond acceptors (Lipinski definition) is 1. The molecule has 1 aromatic carbocycles. The topological polar surface area (TPSA) is 29.1 Å². The Kier molecular flexibility index (Phi) is 7.24. The minimum atomic E-state index is 0.0499. The minimum Gasteiger partial charge on any atom is -0.352 e. The Morgan fingerprint density at radius 1 is 1.11 bits per heavy atom. The summed E-state index contributed by atoms with van der Waals surface area (Å²) in [6, 6.07) is 8.02. The Bertz CT molecular complexity index is 365. The van der Waals surface area contributed by atoms with Crippen molar-refractivity contribution in [1.82, 2.24) is 5.32 Å². The van der Waals surface area contributed by atoms with Crippen LogP contribution in [0.5, 0.6) is 0 Å². The molecule has 0 aliphatic carbocycles. The van der Waals surface area contributed by atoms with Crippen LogP contribution in [-0.2, 0) is 6.42 Å². The molecule has 0 fully saturated rings. The first-order valence-electron chi connectivity index (χ1n) is 7.58. The lowest BCUT2D eigenvalue weighted by molar-refractivity contribution is 0.0946. The molecule has 106 valence electrons. The number of unbranched alkanes of at least 4 members (excludes halogenated alkanes) is 1. The lowest BCUT2D eigenvalue weighted by Crippen LogP contribution is -2.28. The van der Waals surface area contributed by atoms with E-state index >= 15 is 0 Å². The summed E-state index contributed by atoms with van der Waals surface area (Å²) in [7, 11) is 0. The number of hydrogen-bond donors (Lipinski definition) is 1. The van der Waals surface area contributed by atoms with Crippen molar-refractivity contribution in [2.45, 2.75) is 52.9 Å². The molecule has 1 amide bonds. The van der Waals surface area contributed by atoms with Crippen molar-refractivity contribution in [3.05, 3.63) is 35.4 Å². The van der Waals surface area contributed by atoms with Gasteiger partial charge in [0.15, 0.2) is 0 Å². The van der Waals surface area contributed by atoms with Gasteiger partial charge in [-0.05, 0) is 36.5 Å². The molecule has 1 aromatic rings. The third kappa shape index (κ3) is 5.46. The van der Waals surface area contributed by atoms with Crippen molar-refractivity contribution >= 4 is 5.91 Å².